The van der Waals surface area contributed by atoms with Gasteiger partial charge in [0.05, 0.1) is 5.84 Å². The predicted molar refractivity (Wildman–Crippen MR) is 116 cm³/mol. The van der Waals surface area contributed by atoms with Gasteiger partial charge in [0.25, 0.3) is 0 Å². The van der Waals surface area contributed by atoms with Crippen molar-refractivity contribution in [3.05, 3.63) is 70.8 Å². The number of benzene rings is 2. The van der Waals surface area contributed by atoms with Crippen LogP contribution in [0.3, 0.4) is 0 Å². The fourth-order valence-electron chi connectivity index (χ4n) is 3.94. The Bertz CT molecular complexity index is 724. The standard InChI is InChI=1S/C24H35N3/c1-6-15-27(24(7-2)22-11-9-8-10-12-22)19(4)23-14-13-21(16-18(23)3)17-26-20(5)25/h8-14,16,19,24H,6-7,15,17H2,1-5H3,(H2,25,26). The molecule has 0 bridgehead atoms. The lowest BCUT2D eigenvalue weighted by Gasteiger charge is -2.37. The summed E-state index contributed by atoms with van der Waals surface area (Å²) in [5.41, 5.74) is 5.36. The third-order valence-electron chi connectivity index (χ3n) is 5.29. The van der Waals surface area contributed by atoms with Crippen molar-refractivity contribution in [2.75, 3.05) is 6.54 Å². The molecule has 0 aliphatic rings. The largest absolute Gasteiger partial charge is 0.370 e. The van der Waals surface area contributed by atoms with Crippen molar-refractivity contribution in [2.24, 2.45) is 0 Å². The molecule has 3 nitrogen and oxygen atoms in total. The van der Waals surface area contributed by atoms with Crippen molar-refractivity contribution in [1.29, 1.82) is 5.41 Å². The molecule has 0 aliphatic heterocycles. The molecule has 0 saturated heterocycles. The minimum Gasteiger partial charge on any atom is -0.370 e. The molecule has 2 rings (SSSR count). The highest BCUT2D eigenvalue weighted by Crippen LogP contribution is 2.34. The van der Waals surface area contributed by atoms with Crippen LogP contribution >= 0.6 is 0 Å². The normalized spacial score (nSPS) is 13.4. The SMILES string of the molecule is CCCN(C(C)c1ccc(CNC(C)=N)cc1C)C(CC)c1ccccc1. The lowest BCUT2D eigenvalue weighted by molar-refractivity contribution is 0.138. The van der Waals surface area contributed by atoms with Gasteiger partial charge in [-0.25, -0.2) is 0 Å². The van der Waals surface area contributed by atoms with Gasteiger partial charge in [-0.2, -0.15) is 0 Å². The van der Waals surface area contributed by atoms with Crippen LogP contribution in [0.15, 0.2) is 48.5 Å². The Morgan fingerprint density at radius 1 is 1.11 bits per heavy atom. The maximum atomic E-state index is 7.54. The Balaban J connectivity index is 2.27. The fourth-order valence-corrected chi connectivity index (χ4v) is 3.94. The molecule has 27 heavy (non-hydrogen) atoms. The van der Waals surface area contributed by atoms with E-state index in [1.165, 1.54) is 22.3 Å². The van der Waals surface area contributed by atoms with Crippen molar-refractivity contribution < 1.29 is 0 Å². The fraction of sp³-hybridized carbons (Fsp3) is 0.458. The molecule has 2 N–H and O–H groups in total. The molecule has 0 amide bonds. The molecule has 0 heterocycles. The zero-order valence-corrected chi connectivity index (χ0v) is 17.5. The summed E-state index contributed by atoms with van der Waals surface area (Å²) in [5, 5.41) is 10.6. The molecule has 0 fully saturated rings. The van der Waals surface area contributed by atoms with Gasteiger partial charge in [-0.05, 0) is 62.4 Å². The first-order valence-corrected chi connectivity index (χ1v) is 10.2. The summed E-state index contributed by atoms with van der Waals surface area (Å²) in [6.07, 6.45) is 2.25. The number of nitrogens with one attached hydrogen (secondary N) is 2. The molecule has 0 aromatic heterocycles. The molecule has 2 aromatic rings. The average molecular weight is 366 g/mol. The van der Waals surface area contributed by atoms with Gasteiger partial charge in [0.2, 0.25) is 0 Å². The van der Waals surface area contributed by atoms with Crippen molar-refractivity contribution in [1.82, 2.24) is 10.2 Å². The number of hydrogen-bond acceptors (Lipinski definition) is 2. The van der Waals surface area contributed by atoms with Gasteiger partial charge < -0.3 is 5.32 Å². The topological polar surface area (TPSA) is 39.1 Å². The first-order valence-electron chi connectivity index (χ1n) is 10.2. The van der Waals surface area contributed by atoms with Gasteiger partial charge in [0, 0.05) is 18.6 Å². The molecule has 0 saturated carbocycles. The lowest BCUT2D eigenvalue weighted by atomic mass is 9.94. The van der Waals surface area contributed by atoms with Crippen LogP contribution in [0.4, 0.5) is 0 Å². The minimum atomic E-state index is 0.363. The van der Waals surface area contributed by atoms with E-state index < -0.39 is 0 Å². The second-order valence-electron chi connectivity index (χ2n) is 7.42. The summed E-state index contributed by atoms with van der Waals surface area (Å²) in [6, 6.07) is 18.4. The summed E-state index contributed by atoms with van der Waals surface area (Å²) < 4.78 is 0. The summed E-state index contributed by atoms with van der Waals surface area (Å²) in [7, 11) is 0. The molecule has 0 aliphatic carbocycles. The van der Waals surface area contributed by atoms with E-state index in [0.29, 0.717) is 24.5 Å². The second-order valence-corrected chi connectivity index (χ2v) is 7.42. The summed E-state index contributed by atoms with van der Waals surface area (Å²) in [4.78, 5) is 2.65. The van der Waals surface area contributed by atoms with Gasteiger partial charge in [-0.15, -0.1) is 0 Å². The van der Waals surface area contributed by atoms with E-state index >= 15 is 0 Å². The van der Waals surface area contributed by atoms with Gasteiger partial charge in [0.1, 0.15) is 0 Å². The van der Waals surface area contributed by atoms with E-state index in [0.717, 1.165) is 19.4 Å². The minimum absolute atomic E-state index is 0.363. The Morgan fingerprint density at radius 3 is 2.37 bits per heavy atom. The zero-order chi connectivity index (χ0) is 19.8. The predicted octanol–water partition coefficient (Wildman–Crippen LogP) is 6.01. The highest BCUT2D eigenvalue weighted by atomic mass is 15.2. The van der Waals surface area contributed by atoms with Crippen LogP contribution in [-0.4, -0.2) is 17.3 Å². The third kappa shape index (κ3) is 5.67. The second kappa shape index (κ2) is 10.3. The van der Waals surface area contributed by atoms with E-state index in [2.05, 4.69) is 86.4 Å². The Hall–Kier alpha value is -2.13. The number of rotatable bonds is 9. The summed E-state index contributed by atoms with van der Waals surface area (Å²) in [6.45, 7) is 12.7. The highest BCUT2D eigenvalue weighted by Gasteiger charge is 2.25. The van der Waals surface area contributed by atoms with Gasteiger partial charge in [-0.3, -0.25) is 10.3 Å². The smallest absolute Gasteiger partial charge is 0.0902 e. The summed E-state index contributed by atoms with van der Waals surface area (Å²) >= 11 is 0. The molecule has 0 radical (unpaired) electrons. The van der Waals surface area contributed by atoms with Crippen LogP contribution in [0, 0.1) is 12.3 Å². The maximum absolute atomic E-state index is 7.54. The Kier molecular flexibility index (Phi) is 8.05. The van der Waals surface area contributed by atoms with Crippen LogP contribution in [-0.2, 0) is 6.54 Å². The molecule has 3 heteroatoms. The van der Waals surface area contributed by atoms with Gasteiger partial charge in [-0.1, -0.05) is 62.4 Å². The number of amidine groups is 1. The Morgan fingerprint density at radius 2 is 1.81 bits per heavy atom. The first kappa shape index (κ1) is 21.2. The van der Waals surface area contributed by atoms with Crippen molar-refractivity contribution in [2.45, 2.75) is 66.1 Å². The molecule has 2 aromatic carbocycles. The number of nitrogens with zero attached hydrogens (tertiary/aromatic N) is 1. The van der Waals surface area contributed by atoms with Crippen LogP contribution in [0.2, 0.25) is 0 Å². The average Bonchev–Trinajstić information content (AvgIpc) is 2.66. The quantitative estimate of drug-likeness (QED) is 0.422. The number of hydrogen-bond donors (Lipinski definition) is 2. The van der Waals surface area contributed by atoms with Crippen molar-refractivity contribution >= 4 is 5.84 Å². The highest BCUT2D eigenvalue weighted by molar-refractivity contribution is 5.75. The van der Waals surface area contributed by atoms with Crippen molar-refractivity contribution in [3.63, 3.8) is 0 Å². The van der Waals surface area contributed by atoms with E-state index in [4.69, 9.17) is 5.41 Å². The number of aryl methyl sites for hydroxylation is 1. The molecule has 2 unspecified atom stereocenters. The van der Waals surface area contributed by atoms with E-state index in [-0.39, 0.29) is 0 Å². The molecule has 0 spiro atoms. The van der Waals surface area contributed by atoms with Gasteiger partial charge in [0.15, 0.2) is 0 Å². The monoisotopic (exact) mass is 365 g/mol. The van der Waals surface area contributed by atoms with Crippen molar-refractivity contribution in [3.8, 4) is 0 Å². The Labute approximate surface area is 165 Å². The van der Waals surface area contributed by atoms with Crippen LogP contribution in [0.5, 0.6) is 0 Å². The zero-order valence-electron chi connectivity index (χ0n) is 17.5. The van der Waals surface area contributed by atoms with Crippen LogP contribution in [0.25, 0.3) is 0 Å². The maximum Gasteiger partial charge on any atom is 0.0902 e. The summed E-state index contributed by atoms with van der Waals surface area (Å²) in [5.74, 6) is 0.507. The first-order chi connectivity index (χ1) is 13.0. The van der Waals surface area contributed by atoms with E-state index in [1.54, 1.807) is 6.92 Å². The van der Waals surface area contributed by atoms with E-state index in [9.17, 15) is 0 Å². The molecule has 2 atom stereocenters. The third-order valence-corrected chi connectivity index (χ3v) is 5.29. The van der Waals surface area contributed by atoms with E-state index in [1.807, 2.05) is 0 Å². The molecular formula is C24H35N3. The van der Waals surface area contributed by atoms with Gasteiger partial charge >= 0.3 is 0 Å². The lowest BCUT2D eigenvalue weighted by Crippen LogP contribution is -2.32. The molecule has 146 valence electrons. The van der Waals surface area contributed by atoms with Crippen LogP contribution in [0.1, 0.15) is 74.9 Å². The molecular weight excluding hydrogens is 330 g/mol. The van der Waals surface area contributed by atoms with Crippen LogP contribution < -0.4 is 5.32 Å².